The second kappa shape index (κ2) is 9.91. The highest BCUT2D eigenvalue weighted by molar-refractivity contribution is 5.76. The number of hydrogen-bond acceptors (Lipinski definition) is 4. The van der Waals surface area contributed by atoms with Crippen LogP contribution in [0.25, 0.3) is 11.3 Å². The smallest absolute Gasteiger partial charge is 0.220 e. The number of ether oxygens (including phenoxy) is 2. The van der Waals surface area contributed by atoms with Crippen molar-refractivity contribution in [3.8, 4) is 22.8 Å². The van der Waals surface area contributed by atoms with E-state index in [0.29, 0.717) is 24.2 Å². The van der Waals surface area contributed by atoms with Crippen molar-refractivity contribution in [1.29, 1.82) is 0 Å². The Kier molecular flexibility index (Phi) is 7.06. The molecule has 0 spiro atoms. The van der Waals surface area contributed by atoms with Crippen LogP contribution in [-0.2, 0) is 11.3 Å². The lowest BCUT2D eigenvalue weighted by Crippen LogP contribution is -2.23. The van der Waals surface area contributed by atoms with E-state index in [-0.39, 0.29) is 24.3 Å². The molecule has 1 unspecified atom stereocenters. The minimum Gasteiger partial charge on any atom is -0.497 e. The Balaban J connectivity index is 1.51. The van der Waals surface area contributed by atoms with Gasteiger partial charge in [0.05, 0.1) is 19.9 Å². The first kappa shape index (κ1) is 21.4. The van der Waals surface area contributed by atoms with Crippen LogP contribution in [0.3, 0.4) is 0 Å². The molecule has 30 heavy (non-hydrogen) atoms. The fraction of sp³-hybridized carbons (Fsp3) is 0.304. The summed E-state index contributed by atoms with van der Waals surface area (Å²) in [5, 5.41) is 7.45. The summed E-state index contributed by atoms with van der Waals surface area (Å²) in [5.41, 5.74) is 2.48. The second-order valence-corrected chi connectivity index (χ2v) is 7.03. The molecular weight excluding hydrogens is 385 g/mol. The minimum atomic E-state index is -0.361. The van der Waals surface area contributed by atoms with Crippen molar-refractivity contribution < 1.29 is 18.7 Å². The van der Waals surface area contributed by atoms with E-state index in [1.54, 1.807) is 13.2 Å². The Morgan fingerprint density at radius 1 is 1.13 bits per heavy atom. The van der Waals surface area contributed by atoms with Crippen LogP contribution in [0, 0.1) is 5.82 Å². The Bertz CT molecular complexity index is 986. The van der Waals surface area contributed by atoms with Crippen LogP contribution >= 0.6 is 0 Å². The van der Waals surface area contributed by atoms with Gasteiger partial charge in [0.2, 0.25) is 5.91 Å². The third-order valence-corrected chi connectivity index (χ3v) is 4.95. The molecule has 7 heteroatoms. The van der Waals surface area contributed by atoms with Gasteiger partial charge in [0.25, 0.3) is 0 Å². The molecule has 0 bridgehead atoms. The molecule has 1 heterocycles. The molecule has 0 aliphatic rings. The van der Waals surface area contributed by atoms with E-state index in [1.807, 2.05) is 48.1 Å². The molecule has 1 aromatic heterocycles. The van der Waals surface area contributed by atoms with Crippen LogP contribution in [-0.4, -0.2) is 29.9 Å². The van der Waals surface area contributed by atoms with Crippen molar-refractivity contribution in [3.05, 3.63) is 66.1 Å². The molecule has 3 aromatic rings. The van der Waals surface area contributed by atoms with Gasteiger partial charge >= 0.3 is 0 Å². The summed E-state index contributed by atoms with van der Waals surface area (Å²) in [6.07, 6.45) is 2.89. The molecule has 1 N–H and O–H groups in total. The maximum atomic E-state index is 13.4. The lowest BCUT2D eigenvalue weighted by Gasteiger charge is -2.13. The van der Waals surface area contributed by atoms with Crippen molar-refractivity contribution in [3.63, 3.8) is 0 Å². The number of nitrogens with zero attached hydrogens (tertiary/aromatic N) is 2. The van der Waals surface area contributed by atoms with Crippen molar-refractivity contribution >= 4 is 5.91 Å². The highest BCUT2D eigenvalue weighted by atomic mass is 19.1. The number of nitrogens with one attached hydrogen (secondary N) is 1. The zero-order valence-electron chi connectivity index (χ0n) is 17.4. The zero-order valence-corrected chi connectivity index (χ0v) is 17.4. The molecule has 0 saturated carbocycles. The molecule has 0 aliphatic heterocycles. The highest BCUT2D eigenvalue weighted by Gasteiger charge is 2.12. The number of carbonyl (C=O) groups excluding carboxylic acids is 1. The number of halogens is 1. The molecule has 3 rings (SSSR count). The van der Waals surface area contributed by atoms with E-state index < -0.39 is 0 Å². The predicted molar refractivity (Wildman–Crippen MR) is 113 cm³/mol. The molecule has 1 amide bonds. The fourth-order valence-corrected chi connectivity index (χ4v) is 3.14. The van der Waals surface area contributed by atoms with Crippen LogP contribution in [0.15, 0.2) is 54.7 Å². The van der Waals surface area contributed by atoms with Gasteiger partial charge in [0.15, 0.2) is 0 Å². The fourth-order valence-electron chi connectivity index (χ4n) is 3.14. The SMILES string of the molecule is COc1ccc(-c2ccn(C(C)CCC(=O)NCc3cc(F)ccc3OC)n2)cc1. The Morgan fingerprint density at radius 2 is 1.90 bits per heavy atom. The first-order valence-corrected chi connectivity index (χ1v) is 9.79. The third kappa shape index (κ3) is 5.37. The average molecular weight is 411 g/mol. The van der Waals surface area contributed by atoms with Crippen molar-refractivity contribution in [2.45, 2.75) is 32.4 Å². The summed E-state index contributed by atoms with van der Waals surface area (Å²) in [5.74, 6) is 0.886. The second-order valence-electron chi connectivity index (χ2n) is 7.03. The highest BCUT2D eigenvalue weighted by Crippen LogP contribution is 2.23. The number of carbonyl (C=O) groups is 1. The molecule has 0 fully saturated rings. The molecule has 2 aromatic carbocycles. The summed E-state index contributed by atoms with van der Waals surface area (Å²) in [4.78, 5) is 12.2. The van der Waals surface area contributed by atoms with Gasteiger partial charge in [-0.2, -0.15) is 5.10 Å². The quantitative estimate of drug-likeness (QED) is 0.568. The van der Waals surface area contributed by atoms with E-state index >= 15 is 0 Å². The summed E-state index contributed by atoms with van der Waals surface area (Å²) < 4.78 is 25.7. The van der Waals surface area contributed by atoms with Gasteiger partial charge in [-0.15, -0.1) is 0 Å². The van der Waals surface area contributed by atoms with Gasteiger partial charge in [-0.25, -0.2) is 4.39 Å². The monoisotopic (exact) mass is 411 g/mol. The van der Waals surface area contributed by atoms with Gasteiger partial charge < -0.3 is 14.8 Å². The van der Waals surface area contributed by atoms with E-state index in [1.165, 1.54) is 19.2 Å². The molecule has 0 saturated heterocycles. The van der Waals surface area contributed by atoms with E-state index in [0.717, 1.165) is 17.0 Å². The Morgan fingerprint density at radius 3 is 2.60 bits per heavy atom. The number of aromatic nitrogens is 2. The largest absolute Gasteiger partial charge is 0.497 e. The first-order chi connectivity index (χ1) is 14.5. The maximum Gasteiger partial charge on any atom is 0.220 e. The van der Waals surface area contributed by atoms with E-state index in [2.05, 4.69) is 10.4 Å². The van der Waals surface area contributed by atoms with Crippen molar-refractivity contribution in [2.24, 2.45) is 0 Å². The van der Waals surface area contributed by atoms with Gasteiger partial charge in [-0.1, -0.05) is 0 Å². The number of methoxy groups -OCH3 is 2. The zero-order chi connectivity index (χ0) is 21.5. The van der Waals surface area contributed by atoms with Gasteiger partial charge in [-0.3, -0.25) is 9.48 Å². The Hall–Kier alpha value is -3.35. The summed E-state index contributed by atoms with van der Waals surface area (Å²) >= 11 is 0. The molecule has 158 valence electrons. The normalized spacial score (nSPS) is 11.7. The molecule has 0 aliphatic carbocycles. The standard InChI is InChI=1S/C23H26FN3O3/c1-16(27-13-12-21(26-27)17-5-8-20(29-2)9-6-17)4-11-23(28)25-15-18-14-19(24)7-10-22(18)30-3/h5-10,12-14,16H,4,11,15H2,1-3H3,(H,25,28). The first-order valence-electron chi connectivity index (χ1n) is 9.79. The minimum absolute atomic E-state index is 0.0615. The molecule has 1 atom stereocenters. The summed E-state index contributed by atoms with van der Waals surface area (Å²) in [6.45, 7) is 2.24. The maximum absolute atomic E-state index is 13.4. The number of benzene rings is 2. The number of amides is 1. The lowest BCUT2D eigenvalue weighted by molar-refractivity contribution is -0.121. The van der Waals surface area contributed by atoms with E-state index in [4.69, 9.17) is 9.47 Å². The van der Waals surface area contributed by atoms with Crippen LogP contribution in [0.1, 0.15) is 31.4 Å². The molecule has 0 radical (unpaired) electrons. The van der Waals surface area contributed by atoms with Crippen molar-refractivity contribution in [2.75, 3.05) is 14.2 Å². The predicted octanol–water partition coefficient (Wildman–Crippen LogP) is 4.36. The molecular formula is C23H26FN3O3. The summed E-state index contributed by atoms with van der Waals surface area (Å²) in [6, 6.07) is 14.0. The van der Waals surface area contributed by atoms with Gasteiger partial charge in [0, 0.05) is 36.3 Å². The average Bonchev–Trinajstić information content (AvgIpc) is 3.26. The number of rotatable bonds is 9. The molecule has 6 nitrogen and oxygen atoms in total. The van der Waals surface area contributed by atoms with Crippen LogP contribution in [0.4, 0.5) is 4.39 Å². The van der Waals surface area contributed by atoms with Crippen LogP contribution in [0.5, 0.6) is 11.5 Å². The summed E-state index contributed by atoms with van der Waals surface area (Å²) in [7, 11) is 3.15. The number of hydrogen-bond donors (Lipinski definition) is 1. The topological polar surface area (TPSA) is 65.4 Å². The van der Waals surface area contributed by atoms with Gasteiger partial charge in [0.1, 0.15) is 17.3 Å². The van der Waals surface area contributed by atoms with Gasteiger partial charge in [-0.05, 0) is 61.9 Å². The van der Waals surface area contributed by atoms with Crippen LogP contribution in [0.2, 0.25) is 0 Å². The Labute approximate surface area is 175 Å². The lowest BCUT2D eigenvalue weighted by atomic mass is 10.1. The van der Waals surface area contributed by atoms with Crippen LogP contribution < -0.4 is 14.8 Å². The third-order valence-electron chi connectivity index (χ3n) is 4.95. The van der Waals surface area contributed by atoms with Crippen molar-refractivity contribution in [1.82, 2.24) is 15.1 Å². The van der Waals surface area contributed by atoms with E-state index in [9.17, 15) is 9.18 Å².